The van der Waals surface area contributed by atoms with Gasteiger partial charge in [0.1, 0.15) is 5.75 Å². The van der Waals surface area contributed by atoms with Crippen molar-refractivity contribution in [3.8, 4) is 5.75 Å². The van der Waals surface area contributed by atoms with E-state index >= 15 is 0 Å². The maximum atomic E-state index is 11.8. The lowest BCUT2D eigenvalue weighted by Crippen LogP contribution is -2.30. The van der Waals surface area contributed by atoms with Gasteiger partial charge in [0.05, 0.1) is 6.61 Å². The van der Waals surface area contributed by atoms with Gasteiger partial charge in [-0.15, -0.1) is 0 Å². The van der Waals surface area contributed by atoms with Gasteiger partial charge in [0.25, 0.3) is 0 Å². The largest absolute Gasteiger partial charge is 0.493 e. The molecule has 5 heteroatoms. The molecule has 2 N–H and O–H groups in total. The number of anilines is 1. The molecule has 0 spiro atoms. The van der Waals surface area contributed by atoms with E-state index in [0.717, 1.165) is 33.5 Å². The van der Waals surface area contributed by atoms with E-state index in [4.69, 9.17) is 4.74 Å². The summed E-state index contributed by atoms with van der Waals surface area (Å²) in [4.78, 5) is 11.8. The van der Waals surface area contributed by atoms with E-state index in [-0.39, 0.29) is 6.03 Å². The first kappa shape index (κ1) is 17.3. The van der Waals surface area contributed by atoms with Gasteiger partial charge in [0, 0.05) is 16.7 Å². The Kier molecular flexibility index (Phi) is 6.47. The molecule has 2 aromatic rings. The van der Waals surface area contributed by atoms with Gasteiger partial charge in [-0.25, -0.2) is 4.79 Å². The molecule has 0 saturated heterocycles. The molecule has 2 rings (SSSR count). The number of aryl methyl sites for hydroxylation is 2. The number of hydrogen-bond acceptors (Lipinski definition) is 2. The van der Waals surface area contributed by atoms with Gasteiger partial charge >= 0.3 is 6.03 Å². The van der Waals surface area contributed by atoms with Crippen LogP contribution in [-0.2, 0) is 0 Å². The number of para-hydroxylation sites is 1. The minimum Gasteiger partial charge on any atom is -0.493 e. The Bertz CT molecular complexity index is 654. The minimum atomic E-state index is -0.213. The first-order valence-electron chi connectivity index (χ1n) is 7.55. The van der Waals surface area contributed by atoms with Gasteiger partial charge in [-0.3, -0.25) is 0 Å². The number of nitrogens with one attached hydrogen (secondary N) is 2. The molecule has 2 aromatic carbocycles. The van der Waals surface area contributed by atoms with E-state index < -0.39 is 0 Å². The average Bonchev–Trinajstić information content (AvgIpc) is 2.49. The molecule has 0 aliphatic carbocycles. The summed E-state index contributed by atoms with van der Waals surface area (Å²) in [6.45, 7) is 5.20. The molecule has 23 heavy (non-hydrogen) atoms. The fourth-order valence-electron chi connectivity index (χ4n) is 2.22. The Morgan fingerprint density at radius 2 is 1.83 bits per heavy atom. The first-order valence-corrected chi connectivity index (χ1v) is 8.35. The zero-order valence-corrected chi connectivity index (χ0v) is 14.9. The van der Waals surface area contributed by atoms with E-state index in [1.54, 1.807) is 0 Å². The SMILES string of the molecule is Cc1cccc(C)c1OCCCNC(=O)Nc1cccc(Br)c1. The highest BCUT2D eigenvalue weighted by Crippen LogP contribution is 2.22. The Morgan fingerprint density at radius 3 is 2.52 bits per heavy atom. The zero-order valence-electron chi connectivity index (χ0n) is 13.4. The molecule has 0 heterocycles. The highest BCUT2D eigenvalue weighted by molar-refractivity contribution is 9.10. The van der Waals surface area contributed by atoms with Crippen molar-refractivity contribution in [3.05, 3.63) is 58.1 Å². The molecule has 0 fully saturated rings. The first-order chi connectivity index (χ1) is 11.1. The second kappa shape index (κ2) is 8.58. The standard InChI is InChI=1S/C18H21BrN2O2/c1-13-6-3-7-14(2)17(13)23-11-5-10-20-18(22)21-16-9-4-8-15(19)12-16/h3-4,6-9,12H,5,10-11H2,1-2H3,(H2,20,21,22). The summed E-state index contributed by atoms with van der Waals surface area (Å²) in [6.07, 6.45) is 0.750. The van der Waals surface area contributed by atoms with Crippen LogP contribution in [0.15, 0.2) is 46.9 Å². The zero-order chi connectivity index (χ0) is 16.7. The summed E-state index contributed by atoms with van der Waals surface area (Å²) >= 11 is 3.37. The predicted molar refractivity (Wildman–Crippen MR) is 97.2 cm³/mol. The molecule has 2 amide bonds. The van der Waals surface area contributed by atoms with Crippen molar-refractivity contribution in [2.24, 2.45) is 0 Å². The lowest BCUT2D eigenvalue weighted by Gasteiger charge is -2.12. The molecule has 0 radical (unpaired) electrons. The van der Waals surface area contributed by atoms with Crippen LogP contribution in [0.25, 0.3) is 0 Å². The number of benzene rings is 2. The Morgan fingerprint density at radius 1 is 1.13 bits per heavy atom. The van der Waals surface area contributed by atoms with Crippen LogP contribution in [0.2, 0.25) is 0 Å². The van der Waals surface area contributed by atoms with Crippen LogP contribution in [0, 0.1) is 13.8 Å². The van der Waals surface area contributed by atoms with Crippen molar-refractivity contribution in [1.82, 2.24) is 5.32 Å². The fourth-order valence-corrected chi connectivity index (χ4v) is 2.62. The summed E-state index contributed by atoms with van der Waals surface area (Å²) in [7, 11) is 0. The van der Waals surface area contributed by atoms with Gasteiger partial charge in [0.2, 0.25) is 0 Å². The van der Waals surface area contributed by atoms with Crippen LogP contribution in [0.1, 0.15) is 17.5 Å². The molecule has 0 aromatic heterocycles. The lowest BCUT2D eigenvalue weighted by atomic mass is 10.1. The third kappa shape index (κ3) is 5.60. The average molecular weight is 377 g/mol. The van der Waals surface area contributed by atoms with Gasteiger partial charge in [0.15, 0.2) is 0 Å². The number of carbonyl (C=O) groups excluding carboxylic acids is 1. The van der Waals surface area contributed by atoms with Crippen LogP contribution < -0.4 is 15.4 Å². The smallest absolute Gasteiger partial charge is 0.319 e. The predicted octanol–water partition coefficient (Wildman–Crippen LogP) is 4.66. The molecule has 122 valence electrons. The number of carbonyl (C=O) groups is 1. The van der Waals surface area contributed by atoms with Crippen molar-refractivity contribution in [2.45, 2.75) is 20.3 Å². The second-order valence-electron chi connectivity index (χ2n) is 5.31. The molecule has 0 aliphatic heterocycles. The topological polar surface area (TPSA) is 50.4 Å². The summed E-state index contributed by atoms with van der Waals surface area (Å²) in [5, 5.41) is 5.61. The number of ether oxygens (including phenoxy) is 1. The van der Waals surface area contributed by atoms with Crippen LogP contribution in [0.3, 0.4) is 0 Å². The fraction of sp³-hybridized carbons (Fsp3) is 0.278. The molecule has 0 unspecified atom stereocenters. The highest BCUT2D eigenvalue weighted by Gasteiger charge is 2.04. The Balaban J connectivity index is 1.68. The quantitative estimate of drug-likeness (QED) is 0.720. The Hall–Kier alpha value is -2.01. The van der Waals surface area contributed by atoms with Gasteiger partial charge in [-0.05, 0) is 49.6 Å². The normalized spacial score (nSPS) is 10.2. The summed E-state index contributed by atoms with van der Waals surface area (Å²) in [5.41, 5.74) is 3.01. The summed E-state index contributed by atoms with van der Waals surface area (Å²) in [6, 6.07) is 13.4. The van der Waals surface area contributed by atoms with E-state index in [1.165, 1.54) is 0 Å². The number of urea groups is 1. The molecule has 0 aliphatic rings. The number of halogens is 1. The highest BCUT2D eigenvalue weighted by atomic mass is 79.9. The minimum absolute atomic E-state index is 0.213. The van der Waals surface area contributed by atoms with E-state index in [0.29, 0.717) is 13.2 Å². The van der Waals surface area contributed by atoms with Crippen LogP contribution in [0.5, 0.6) is 5.75 Å². The number of hydrogen-bond donors (Lipinski definition) is 2. The monoisotopic (exact) mass is 376 g/mol. The van der Waals surface area contributed by atoms with E-state index in [2.05, 4.69) is 26.6 Å². The third-order valence-corrected chi connectivity index (χ3v) is 3.84. The molecular formula is C18H21BrN2O2. The maximum absolute atomic E-state index is 11.8. The van der Waals surface area contributed by atoms with Crippen LogP contribution >= 0.6 is 15.9 Å². The van der Waals surface area contributed by atoms with Crippen LogP contribution in [-0.4, -0.2) is 19.2 Å². The summed E-state index contributed by atoms with van der Waals surface area (Å²) < 4.78 is 6.73. The third-order valence-electron chi connectivity index (χ3n) is 3.34. The molecule has 0 bridgehead atoms. The maximum Gasteiger partial charge on any atom is 0.319 e. The molecular weight excluding hydrogens is 356 g/mol. The Labute approximate surface area is 145 Å². The van der Waals surface area contributed by atoms with Gasteiger partial charge < -0.3 is 15.4 Å². The van der Waals surface area contributed by atoms with Crippen molar-refractivity contribution in [2.75, 3.05) is 18.5 Å². The second-order valence-corrected chi connectivity index (χ2v) is 6.23. The number of rotatable bonds is 6. The van der Waals surface area contributed by atoms with Crippen LogP contribution in [0.4, 0.5) is 10.5 Å². The lowest BCUT2D eigenvalue weighted by molar-refractivity contribution is 0.250. The van der Waals surface area contributed by atoms with Crippen molar-refractivity contribution in [3.63, 3.8) is 0 Å². The van der Waals surface area contributed by atoms with Gasteiger partial charge in [-0.1, -0.05) is 40.2 Å². The van der Waals surface area contributed by atoms with Gasteiger partial charge in [-0.2, -0.15) is 0 Å². The molecule has 0 atom stereocenters. The molecule has 0 saturated carbocycles. The molecule has 4 nitrogen and oxygen atoms in total. The number of amides is 2. The van der Waals surface area contributed by atoms with E-state index in [9.17, 15) is 4.79 Å². The summed E-state index contributed by atoms with van der Waals surface area (Å²) in [5.74, 6) is 0.936. The van der Waals surface area contributed by atoms with Crippen molar-refractivity contribution < 1.29 is 9.53 Å². The van der Waals surface area contributed by atoms with E-state index in [1.807, 2.05) is 56.3 Å². The van der Waals surface area contributed by atoms with Crippen molar-refractivity contribution in [1.29, 1.82) is 0 Å². The van der Waals surface area contributed by atoms with Crippen molar-refractivity contribution >= 4 is 27.6 Å².